The summed E-state index contributed by atoms with van der Waals surface area (Å²) in [5.74, 6) is 1.81. The van der Waals surface area contributed by atoms with Crippen molar-refractivity contribution >= 4 is 5.91 Å². The summed E-state index contributed by atoms with van der Waals surface area (Å²) >= 11 is 0. The Bertz CT molecular complexity index is 289. The maximum atomic E-state index is 12.0. The first-order valence-electron chi connectivity index (χ1n) is 7.53. The van der Waals surface area contributed by atoms with Gasteiger partial charge in [0.05, 0.1) is 6.54 Å². The summed E-state index contributed by atoms with van der Waals surface area (Å²) in [4.78, 5) is 14.4. The molecule has 0 aromatic rings. The molecule has 2 heterocycles. The lowest BCUT2D eigenvalue weighted by molar-refractivity contribution is -0.123. The van der Waals surface area contributed by atoms with Crippen LogP contribution in [0.1, 0.15) is 32.1 Å². The monoisotopic (exact) mass is 251 g/mol. The van der Waals surface area contributed by atoms with Gasteiger partial charge in [-0.25, -0.2) is 0 Å². The van der Waals surface area contributed by atoms with E-state index >= 15 is 0 Å². The fourth-order valence-corrected chi connectivity index (χ4v) is 3.80. The maximum Gasteiger partial charge on any atom is 0.234 e. The molecule has 2 aliphatic heterocycles. The van der Waals surface area contributed by atoms with Gasteiger partial charge in [0.15, 0.2) is 0 Å². The van der Waals surface area contributed by atoms with E-state index in [4.69, 9.17) is 0 Å². The molecule has 3 aliphatic rings. The third-order valence-corrected chi connectivity index (χ3v) is 4.80. The van der Waals surface area contributed by atoms with Crippen LogP contribution >= 0.6 is 0 Å². The predicted molar refractivity (Wildman–Crippen MR) is 71.3 cm³/mol. The molecular weight excluding hydrogens is 226 g/mol. The van der Waals surface area contributed by atoms with E-state index in [1.54, 1.807) is 0 Å². The Morgan fingerprint density at radius 1 is 1.11 bits per heavy atom. The molecule has 1 amide bonds. The molecular formula is C14H25N3O. The number of amides is 1. The highest BCUT2D eigenvalue weighted by atomic mass is 16.2. The Labute approximate surface area is 109 Å². The molecule has 0 spiro atoms. The molecule has 0 aromatic heterocycles. The van der Waals surface area contributed by atoms with Gasteiger partial charge >= 0.3 is 0 Å². The normalized spacial score (nSPS) is 33.6. The SMILES string of the molecule is O=C(CN1C[C@H]2CNC[C@H]2C1)NC1CCCCC1. The van der Waals surface area contributed by atoms with Crippen molar-refractivity contribution in [1.29, 1.82) is 0 Å². The van der Waals surface area contributed by atoms with E-state index in [1.807, 2.05) is 0 Å². The van der Waals surface area contributed by atoms with Crippen molar-refractivity contribution in [1.82, 2.24) is 15.5 Å². The fraction of sp³-hybridized carbons (Fsp3) is 0.929. The molecule has 4 heteroatoms. The van der Waals surface area contributed by atoms with Gasteiger partial charge in [-0.15, -0.1) is 0 Å². The van der Waals surface area contributed by atoms with Crippen LogP contribution in [-0.2, 0) is 4.79 Å². The molecule has 2 N–H and O–H groups in total. The number of hydrogen-bond donors (Lipinski definition) is 2. The maximum absolute atomic E-state index is 12.0. The summed E-state index contributed by atoms with van der Waals surface area (Å²) in [5.41, 5.74) is 0. The van der Waals surface area contributed by atoms with E-state index in [9.17, 15) is 4.79 Å². The number of rotatable bonds is 3. The molecule has 2 saturated heterocycles. The average molecular weight is 251 g/mol. The van der Waals surface area contributed by atoms with Gasteiger partial charge in [0.1, 0.15) is 0 Å². The molecule has 0 radical (unpaired) electrons. The molecule has 0 unspecified atom stereocenters. The van der Waals surface area contributed by atoms with Crippen LogP contribution < -0.4 is 10.6 Å². The lowest BCUT2D eigenvalue weighted by Crippen LogP contribution is -2.42. The average Bonchev–Trinajstić information content (AvgIpc) is 2.90. The van der Waals surface area contributed by atoms with Crippen LogP contribution in [0, 0.1) is 11.8 Å². The Balaban J connectivity index is 1.41. The molecule has 4 nitrogen and oxygen atoms in total. The number of fused-ring (bicyclic) bond motifs is 1. The summed E-state index contributed by atoms with van der Waals surface area (Å²) < 4.78 is 0. The molecule has 0 aromatic carbocycles. The number of likely N-dealkylation sites (tertiary alicyclic amines) is 1. The van der Waals surface area contributed by atoms with Crippen molar-refractivity contribution in [2.45, 2.75) is 38.1 Å². The Morgan fingerprint density at radius 2 is 1.78 bits per heavy atom. The Kier molecular flexibility index (Phi) is 3.85. The van der Waals surface area contributed by atoms with E-state index < -0.39 is 0 Å². The van der Waals surface area contributed by atoms with Gasteiger partial charge in [-0.1, -0.05) is 19.3 Å². The van der Waals surface area contributed by atoms with Crippen molar-refractivity contribution in [2.75, 3.05) is 32.7 Å². The summed E-state index contributed by atoms with van der Waals surface area (Å²) in [6.45, 7) is 5.12. The van der Waals surface area contributed by atoms with E-state index in [-0.39, 0.29) is 5.91 Å². The molecule has 1 aliphatic carbocycles. The highest BCUT2D eigenvalue weighted by Crippen LogP contribution is 2.25. The van der Waals surface area contributed by atoms with Gasteiger partial charge in [0.25, 0.3) is 0 Å². The molecule has 3 fully saturated rings. The Morgan fingerprint density at radius 3 is 2.44 bits per heavy atom. The minimum absolute atomic E-state index is 0.245. The smallest absolute Gasteiger partial charge is 0.234 e. The van der Waals surface area contributed by atoms with Gasteiger partial charge in [-0.2, -0.15) is 0 Å². The second kappa shape index (κ2) is 5.57. The van der Waals surface area contributed by atoms with E-state index in [1.165, 1.54) is 32.1 Å². The first-order valence-corrected chi connectivity index (χ1v) is 7.53. The topological polar surface area (TPSA) is 44.4 Å². The summed E-state index contributed by atoms with van der Waals surface area (Å²) in [5, 5.41) is 6.65. The van der Waals surface area contributed by atoms with Crippen LogP contribution in [0.2, 0.25) is 0 Å². The first kappa shape index (κ1) is 12.4. The molecule has 2 atom stereocenters. The van der Waals surface area contributed by atoms with E-state index in [2.05, 4.69) is 15.5 Å². The zero-order valence-electron chi connectivity index (χ0n) is 11.2. The quantitative estimate of drug-likeness (QED) is 0.771. The van der Waals surface area contributed by atoms with Gasteiger partial charge in [0, 0.05) is 19.1 Å². The molecule has 0 bridgehead atoms. The first-order chi connectivity index (χ1) is 8.81. The molecule has 1 saturated carbocycles. The summed E-state index contributed by atoms with van der Waals surface area (Å²) in [7, 11) is 0. The van der Waals surface area contributed by atoms with Crippen molar-refractivity contribution in [3.05, 3.63) is 0 Å². The number of hydrogen-bond acceptors (Lipinski definition) is 3. The van der Waals surface area contributed by atoms with Gasteiger partial charge in [0.2, 0.25) is 5.91 Å². The van der Waals surface area contributed by atoms with Gasteiger partial charge < -0.3 is 10.6 Å². The fourth-order valence-electron chi connectivity index (χ4n) is 3.80. The van der Waals surface area contributed by atoms with Gasteiger partial charge in [-0.3, -0.25) is 9.69 Å². The third kappa shape index (κ3) is 2.86. The number of carbonyl (C=O) groups is 1. The molecule has 18 heavy (non-hydrogen) atoms. The van der Waals surface area contributed by atoms with Gasteiger partial charge in [-0.05, 0) is 37.8 Å². The third-order valence-electron chi connectivity index (χ3n) is 4.80. The second-order valence-corrected chi connectivity index (χ2v) is 6.27. The standard InChI is InChI=1S/C14H25N3O/c18-14(16-13-4-2-1-3-5-13)10-17-8-11-6-15-7-12(11)9-17/h11-13,15H,1-10H2,(H,16,18)/t11-,12+. The largest absolute Gasteiger partial charge is 0.352 e. The second-order valence-electron chi connectivity index (χ2n) is 6.27. The van der Waals surface area contributed by atoms with Crippen LogP contribution in [0.3, 0.4) is 0 Å². The predicted octanol–water partition coefficient (Wildman–Crippen LogP) is 0.587. The van der Waals surface area contributed by atoms with Crippen molar-refractivity contribution < 1.29 is 4.79 Å². The van der Waals surface area contributed by atoms with Crippen LogP contribution in [0.15, 0.2) is 0 Å². The minimum Gasteiger partial charge on any atom is -0.352 e. The summed E-state index contributed by atoms with van der Waals surface area (Å²) in [6.07, 6.45) is 6.27. The minimum atomic E-state index is 0.245. The number of carbonyl (C=O) groups excluding carboxylic acids is 1. The van der Waals surface area contributed by atoms with Crippen LogP contribution in [0.25, 0.3) is 0 Å². The zero-order chi connectivity index (χ0) is 12.4. The number of nitrogens with one attached hydrogen (secondary N) is 2. The van der Waals surface area contributed by atoms with Crippen molar-refractivity contribution in [3.63, 3.8) is 0 Å². The lowest BCUT2D eigenvalue weighted by atomic mass is 9.95. The summed E-state index contributed by atoms with van der Waals surface area (Å²) in [6, 6.07) is 0.454. The Hall–Kier alpha value is -0.610. The molecule has 102 valence electrons. The highest BCUT2D eigenvalue weighted by Gasteiger charge is 2.36. The molecule has 3 rings (SSSR count). The van der Waals surface area contributed by atoms with Crippen LogP contribution in [0.4, 0.5) is 0 Å². The van der Waals surface area contributed by atoms with Crippen LogP contribution in [0.5, 0.6) is 0 Å². The van der Waals surface area contributed by atoms with E-state index in [0.717, 1.165) is 38.0 Å². The number of nitrogens with zero attached hydrogens (tertiary/aromatic N) is 1. The van der Waals surface area contributed by atoms with E-state index in [0.29, 0.717) is 12.6 Å². The van der Waals surface area contributed by atoms with Crippen LogP contribution in [-0.4, -0.2) is 49.6 Å². The van der Waals surface area contributed by atoms with Crippen molar-refractivity contribution in [3.8, 4) is 0 Å². The lowest BCUT2D eigenvalue weighted by Gasteiger charge is -2.24. The highest BCUT2D eigenvalue weighted by molar-refractivity contribution is 5.78. The zero-order valence-corrected chi connectivity index (χ0v) is 11.2. The van der Waals surface area contributed by atoms with Crippen molar-refractivity contribution in [2.24, 2.45) is 11.8 Å².